The number of nitrogens with one attached hydrogen (secondary N) is 3. The molecule has 0 aliphatic carbocycles. The monoisotopic (exact) mass is 891 g/mol. The Morgan fingerprint density at radius 3 is 2.02 bits per heavy atom. The SMILES string of the molecule is CC(C)(c1ccccc1)n1ccnc1.COc1ccc(C(C)(C(=O)N2CCC(C)CC2)n2cnc(NC(=O)[C@@H](COCc3ccccc3)NC(=O)C(C)(C)NC(=O)OC(C)(C)C)c2)cc1. The third-order valence-electron chi connectivity index (χ3n) is 11.5. The number of imidazole rings is 2. The summed E-state index contributed by atoms with van der Waals surface area (Å²) in [4.78, 5) is 64.4. The lowest BCUT2D eigenvalue weighted by atomic mass is 9.88. The van der Waals surface area contributed by atoms with Crippen molar-refractivity contribution in [3.05, 3.63) is 133 Å². The summed E-state index contributed by atoms with van der Waals surface area (Å²) < 4.78 is 20.4. The van der Waals surface area contributed by atoms with Crippen LogP contribution in [-0.4, -0.2) is 91.8 Å². The highest BCUT2D eigenvalue weighted by atomic mass is 16.6. The molecule has 0 saturated carbocycles. The number of anilines is 1. The lowest BCUT2D eigenvalue weighted by Gasteiger charge is -2.39. The number of carbonyl (C=O) groups is 4. The van der Waals surface area contributed by atoms with Gasteiger partial charge in [-0.3, -0.25) is 14.4 Å². The van der Waals surface area contributed by atoms with E-state index in [-0.39, 0.29) is 30.5 Å². The van der Waals surface area contributed by atoms with Gasteiger partial charge in [-0.2, -0.15) is 0 Å². The molecule has 6 rings (SSSR count). The summed E-state index contributed by atoms with van der Waals surface area (Å²) in [5.41, 5.74) is -0.522. The summed E-state index contributed by atoms with van der Waals surface area (Å²) in [5, 5.41) is 8.07. The summed E-state index contributed by atoms with van der Waals surface area (Å²) in [6, 6.07) is 26.0. The van der Waals surface area contributed by atoms with E-state index in [1.165, 1.54) is 25.7 Å². The van der Waals surface area contributed by atoms with Crippen LogP contribution in [0.5, 0.6) is 5.75 Å². The molecule has 3 heterocycles. The number of benzene rings is 3. The first kappa shape index (κ1) is 49.5. The third kappa shape index (κ3) is 13.3. The zero-order valence-electron chi connectivity index (χ0n) is 39.5. The average molecular weight is 891 g/mol. The number of rotatable bonds is 15. The van der Waals surface area contributed by atoms with Crippen LogP contribution in [0.1, 0.15) is 91.8 Å². The first-order chi connectivity index (χ1) is 30.7. The van der Waals surface area contributed by atoms with Gasteiger partial charge in [0, 0.05) is 31.7 Å². The second kappa shape index (κ2) is 21.5. The van der Waals surface area contributed by atoms with Gasteiger partial charge in [0.05, 0.1) is 38.5 Å². The van der Waals surface area contributed by atoms with Crippen LogP contribution >= 0.6 is 0 Å². The Balaban J connectivity index is 0.000000477. The fraction of sp³-hybridized carbons (Fsp3) is 0.440. The lowest BCUT2D eigenvalue weighted by Crippen LogP contribution is -2.59. The van der Waals surface area contributed by atoms with Crippen molar-refractivity contribution in [2.75, 3.05) is 32.1 Å². The number of piperidine rings is 1. The molecule has 1 unspecified atom stereocenters. The first-order valence-electron chi connectivity index (χ1n) is 22.0. The van der Waals surface area contributed by atoms with Gasteiger partial charge in [-0.05, 0) is 103 Å². The lowest BCUT2D eigenvalue weighted by molar-refractivity contribution is -0.139. The van der Waals surface area contributed by atoms with E-state index in [9.17, 15) is 19.2 Å². The quantitative estimate of drug-likeness (QED) is 0.0962. The number of nitrogens with zero attached hydrogens (tertiary/aromatic N) is 5. The van der Waals surface area contributed by atoms with Gasteiger partial charge in [-0.1, -0.05) is 79.7 Å². The molecular weight excluding hydrogens is 825 g/mol. The highest BCUT2D eigenvalue weighted by Gasteiger charge is 2.42. The van der Waals surface area contributed by atoms with E-state index in [2.05, 4.69) is 75.5 Å². The van der Waals surface area contributed by atoms with Crippen LogP contribution in [0.4, 0.5) is 10.6 Å². The third-order valence-corrected chi connectivity index (χ3v) is 11.5. The van der Waals surface area contributed by atoms with Gasteiger partial charge in [-0.25, -0.2) is 14.8 Å². The van der Waals surface area contributed by atoms with Crippen LogP contribution in [0, 0.1) is 5.92 Å². The van der Waals surface area contributed by atoms with Crippen molar-refractivity contribution in [3.63, 3.8) is 0 Å². The molecule has 5 aromatic rings. The molecule has 2 atom stereocenters. The maximum atomic E-state index is 14.3. The van der Waals surface area contributed by atoms with Gasteiger partial charge < -0.3 is 44.2 Å². The topological polar surface area (TPSA) is 171 Å². The van der Waals surface area contributed by atoms with Gasteiger partial charge in [0.25, 0.3) is 11.8 Å². The Bertz CT molecular complexity index is 2300. The molecule has 3 aromatic carbocycles. The van der Waals surface area contributed by atoms with Crippen molar-refractivity contribution in [1.82, 2.24) is 34.6 Å². The van der Waals surface area contributed by atoms with Crippen molar-refractivity contribution in [2.24, 2.45) is 5.92 Å². The minimum absolute atomic E-state index is 0.0300. The van der Waals surface area contributed by atoms with E-state index in [0.29, 0.717) is 24.8 Å². The van der Waals surface area contributed by atoms with Crippen molar-refractivity contribution in [2.45, 2.75) is 110 Å². The van der Waals surface area contributed by atoms with Gasteiger partial charge >= 0.3 is 6.09 Å². The number of alkyl carbamates (subject to hydrolysis) is 1. The zero-order chi connectivity index (χ0) is 47.4. The van der Waals surface area contributed by atoms with E-state index < -0.39 is 40.6 Å². The van der Waals surface area contributed by atoms with Crippen LogP contribution in [0.15, 0.2) is 116 Å². The summed E-state index contributed by atoms with van der Waals surface area (Å²) >= 11 is 0. The molecule has 348 valence electrons. The second-order valence-corrected chi connectivity index (χ2v) is 18.6. The predicted octanol–water partition coefficient (Wildman–Crippen LogP) is 7.52. The summed E-state index contributed by atoms with van der Waals surface area (Å²) in [6.45, 7) is 17.9. The summed E-state index contributed by atoms with van der Waals surface area (Å²) in [6.07, 6.45) is 9.83. The fourth-order valence-corrected chi connectivity index (χ4v) is 7.25. The summed E-state index contributed by atoms with van der Waals surface area (Å²) in [5.74, 6) is 0.0569. The van der Waals surface area contributed by atoms with E-state index in [1.807, 2.05) is 79.1 Å². The molecule has 65 heavy (non-hydrogen) atoms. The van der Waals surface area contributed by atoms with Crippen LogP contribution in [0.3, 0.4) is 0 Å². The number of carbonyl (C=O) groups excluding carboxylic acids is 4. The van der Waals surface area contributed by atoms with Crippen molar-refractivity contribution < 1.29 is 33.4 Å². The van der Waals surface area contributed by atoms with Gasteiger partial charge in [0.2, 0.25) is 5.91 Å². The number of hydrogen-bond donors (Lipinski definition) is 3. The average Bonchev–Trinajstić information content (AvgIpc) is 4.00. The molecule has 0 radical (unpaired) electrons. The molecule has 4 amide bonds. The van der Waals surface area contributed by atoms with Gasteiger partial charge in [-0.15, -0.1) is 0 Å². The number of likely N-dealkylation sites (tertiary alicyclic amines) is 1. The van der Waals surface area contributed by atoms with E-state index in [0.717, 1.165) is 24.0 Å². The fourth-order valence-electron chi connectivity index (χ4n) is 7.25. The molecule has 1 saturated heterocycles. The van der Waals surface area contributed by atoms with Crippen molar-refractivity contribution in [3.8, 4) is 5.75 Å². The first-order valence-corrected chi connectivity index (χ1v) is 22.0. The number of amides is 4. The van der Waals surface area contributed by atoms with Crippen LogP contribution in [0.25, 0.3) is 0 Å². The Morgan fingerprint density at radius 1 is 0.800 bits per heavy atom. The smallest absolute Gasteiger partial charge is 0.408 e. The second-order valence-electron chi connectivity index (χ2n) is 18.6. The Morgan fingerprint density at radius 2 is 1.43 bits per heavy atom. The minimum atomic E-state index is -1.44. The Labute approximate surface area is 383 Å². The normalized spacial score (nSPS) is 14.8. The number of aromatic nitrogens is 4. The maximum Gasteiger partial charge on any atom is 0.408 e. The molecule has 0 spiro atoms. The van der Waals surface area contributed by atoms with Gasteiger partial charge in [0.1, 0.15) is 28.5 Å². The molecule has 1 aliphatic rings. The maximum absolute atomic E-state index is 14.3. The number of ether oxygens (including phenoxy) is 3. The van der Waals surface area contributed by atoms with Crippen LogP contribution in [-0.2, 0) is 41.5 Å². The standard InChI is InChI=1S/C38H52N6O7.C12H14N2/c1-26-18-20-43(21-19-26)34(47)38(7,28-14-16-29(49-8)17-15-28)44-22-31(39-25-44)41-32(45)30(24-50-23-27-12-10-9-11-13-27)40-33(46)37(5,6)42-35(48)51-36(2,3)4;1-12(2,14-9-8-13-10-14)11-6-4-3-5-7-11/h9-17,22,25-26,30H,18-21,23-24H2,1-8H3,(H,40,46)(H,41,45)(H,42,48);3-10H,1-2H3/t30-,38?;/m1./s1. The summed E-state index contributed by atoms with van der Waals surface area (Å²) in [7, 11) is 1.58. The largest absolute Gasteiger partial charge is 0.497 e. The Hall–Kier alpha value is -6.48. The number of hydrogen-bond acceptors (Lipinski definition) is 9. The molecule has 0 bridgehead atoms. The number of methoxy groups -OCH3 is 1. The highest BCUT2D eigenvalue weighted by molar-refractivity contribution is 5.99. The molecule has 15 heteroatoms. The Kier molecular flexibility index (Phi) is 16.4. The van der Waals surface area contributed by atoms with Crippen molar-refractivity contribution >= 4 is 29.6 Å². The van der Waals surface area contributed by atoms with Gasteiger partial charge in [0.15, 0.2) is 5.82 Å². The van der Waals surface area contributed by atoms with E-state index in [4.69, 9.17) is 14.2 Å². The van der Waals surface area contributed by atoms with E-state index in [1.54, 1.807) is 50.8 Å². The van der Waals surface area contributed by atoms with Crippen LogP contribution in [0.2, 0.25) is 0 Å². The van der Waals surface area contributed by atoms with Crippen LogP contribution < -0.4 is 20.7 Å². The van der Waals surface area contributed by atoms with Crippen molar-refractivity contribution in [1.29, 1.82) is 0 Å². The molecule has 1 aliphatic heterocycles. The highest BCUT2D eigenvalue weighted by Crippen LogP contribution is 2.33. The zero-order valence-corrected chi connectivity index (χ0v) is 39.5. The molecular formula is C50H66N8O7. The predicted molar refractivity (Wildman–Crippen MR) is 250 cm³/mol. The molecule has 3 N–H and O–H groups in total. The molecule has 15 nitrogen and oxygen atoms in total. The minimum Gasteiger partial charge on any atom is -0.497 e. The molecule has 1 fully saturated rings. The molecule has 2 aromatic heterocycles. The van der Waals surface area contributed by atoms with E-state index >= 15 is 0 Å².